The van der Waals surface area contributed by atoms with Crippen LogP contribution >= 0.6 is 0 Å². The van der Waals surface area contributed by atoms with Crippen molar-refractivity contribution in [2.45, 2.75) is 18.8 Å². The molecular formula is C24H24N4O3. The summed E-state index contributed by atoms with van der Waals surface area (Å²) in [6.45, 7) is 4.90. The van der Waals surface area contributed by atoms with Crippen LogP contribution in [0, 0.1) is 0 Å². The Bertz CT molecular complexity index is 1160. The summed E-state index contributed by atoms with van der Waals surface area (Å²) in [5, 5.41) is 0. The summed E-state index contributed by atoms with van der Waals surface area (Å²) in [7, 11) is 1.61. The number of hydrogen-bond donors (Lipinski definition) is 1. The first-order valence-electron chi connectivity index (χ1n) is 10.2. The Morgan fingerprint density at radius 3 is 2.94 bits per heavy atom. The minimum Gasteiger partial charge on any atom is -0.496 e. The second-order valence-corrected chi connectivity index (χ2v) is 7.49. The summed E-state index contributed by atoms with van der Waals surface area (Å²) in [6, 6.07) is 12.4. The monoisotopic (exact) mass is 416 g/mol. The molecule has 3 aromatic rings. The molecule has 0 saturated carbocycles. The number of H-pyrrole nitrogens is 1. The Morgan fingerprint density at radius 1 is 1.32 bits per heavy atom. The van der Waals surface area contributed by atoms with E-state index in [9.17, 15) is 9.59 Å². The molecule has 31 heavy (non-hydrogen) atoms. The van der Waals surface area contributed by atoms with Crippen LogP contribution in [0.1, 0.15) is 34.0 Å². The Morgan fingerprint density at radius 2 is 2.19 bits per heavy atom. The maximum Gasteiger partial charge on any atom is 0.253 e. The molecule has 158 valence electrons. The van der Waals surface area contributed by atoms with Gasteiger partial charge in [0, 0.05) is 36.8 Å². The van der Waals surface area contributed by atoms with Gasteiger partial charge in [0.25, 0.3) is 11.5 Å². The number of ether oxygens (including phenoxy) is 1. The van der Waals surface area contributed by atoms with Crippen LogP contribution in [0.3, 0.4) is 0 Å². The third-order valence-electron chi connectivity index (χ3n) is 5.45. The van der Waals surface area contributed by atoms with Gasteiger partial charge in [0.1, 0.15) is 11.4 Å². The van der Waals surface area contributed by atoms with Crippen LogP contribution in [0.5, 0.6) is 5.75 Å². The number of allylic oxidation sites excluding steroid dienone is 1. The number of amides is 1. The number of nitrogens with zero attached hydrogens (tertiary/aromatic N) is 3. The largest absolute Gasteiger partial charge is 0.496 e. The van der Waals surface area contributed by atoms with Crippen molar-refractivity contribution in [3.8, 4) is 17.3 Å². The van der Waals surface area contributed by atoms with Gasteiger partial charge in [-0.3, -0.25) is 14.6 Å². The highest BCUT2D eigenvalue weighted by atomic mass is 16.5. The lowest BCUT2D eigenvalue weighted by atomic mass is 10.0. The predicted octanol–water partition coefficient (Wildman–Crippen LogP) is 3.20. The summed E-state index contributed by atoms with van der Waals surface area (Å²) in [6.07, 6.45) is 4.82. The fourth-order valence-electron chi connectivity index (χ4n) is 3.91. The molecule has 0 bridgehead atoms. The number of methoxy groups -OCH3 is 1. The predicted molar refractivity (Wildman–Crippen MR) is 118 cm³/mol. The Balaban J connectivity index is 1.54. The molecule has 0 aliphatic carbocycles. The number of hydrogen-bond acceptors (Lipinski definition) is 5. The SMILES string of the molecule is C=CCc1cc(C(=O)N2CC[C@@H](c3cc(=O)[nH]c(-c4ccccn4)n3)C2)ccc1OC. The quantitative estimate of drug-likeness (QED) is 0.624. The molecule has 1 aliphatic rings. The number of pyridine rings is 1. The zero-order valence-corrected chi connectivity index (χ0v) is 17.4. The van der Waals surface area contributed by atoms with Crippen LogP contribution in [0.25, 0.3) is 11.5 Å². The van der Waals surface area contributed by atoms with E-state index in [-0.39, 0.29) is 17.4 Å². The average molecular weight is 416 g/mol. The molecule has 1 aromatic carbocycles. The molecule has 0 radical (unpaired) electrons. The number of nitrogens with one attached hydrogen (secondary N) is 1. The highest BCUT2D eigenvalue weighted by molar-refractivity contribution is 5.95. The summed E-state index contributed by atoms with van der Waals surface area (Å²) >= 11 is 0. The zero-order chi connectivity index (χ0) is 21.8. The van der Waals surface area contributed by atoms with Crippen molar-refractivity contribution in [3.63, 3.8) is 0 Å². The maximum atomic E-state index is 13.1. The Kier molecular flexibility index (Phi) is 5.93. The van der Waals surface area contributed by atoms with Gasteiger partial charge in [0.15, 0.2) is 5.82 Å². The Labute approximate surface area is 180 Å². The molecule has 3 heterocycles. The lowest BCUT2D eigenvalue weighted by molar-refractivity contribution is 0.0790. The van der Waals surface area contributed by atoms with Crippen LogP contribution in [-0.4, -0.2) is 46.0 Å². The number of aromatic nitrogens is 3. The van der Waals surface area contributed by atoms with Crippen molar-refractivity contribution in [1.29, 1.82) is 0 Å². The second-order valence-electron chi connectivity index (χ2n) is 7.49. The highest BCUT2D eigenvalue weighted by Gasteiger charge is 2.29. The van der Waals surface area contributed by atoms with Gasteiger partial charge in [-0.25, -0.2) is 4.98 Å². The van der Waals surface area contributed by atoms with Gasteiger partial charge in [-0.05, 0) is 48.7 Å². The number of rotatable bonds is 6. The molecule has 4 rings (SSSR count). The summed E-state index contributed by atoms with van der Waals surface area (Å²) in [5.41, 5.74) is 2.61. The first-order valence-corrected chi connectivity index (χ1v) is 10.2. The fraction of sp³-hybridized carbons (Fsp3) is 0.250. The van der Waals surface area contributed by atoms with Gasteiger partial charge >= 0.3 is 0 Å². The molecule has 1 atom stereocenters. The lowest BCUT2D eigenvalue weighted by Crippen LogP contribution is -2.28. The normalized spacial score (nSPS) is 15.6. The van der Waals surface area contributed by atoms with E-state index >= 15 is 0 Å². The van der Waals surface area contributed by atoms with Gasteiger partial charge in [-0.2, -0.15) is 0 Å². The van der Waals surface area contributed by atoms with E-state index < -0.39 is 0 Å². The van der Waals surface area contributed by atoms with Crippen molar-refractivity contribution in [2.75, 3.05) is 20.2 Å². The van der Waals surface area contributed by atoms with Gasteiger partial charge in [0.05, 0.1) is 12.8 Å². The van der Waals surface area contributed by atoms with Crippen molar-refractivity contribution in [1.82, 2.24) is 19.9 Å². The third-order valence-corrected chi connectivity index (χ3v) is 5.45. The molecule has 0 spiro atoms. The third kappa shape index (κ3) is 4.40. The second kappa shape index (κ2) is 8.95. The van der Waals surface area contributed by atoms with Crippen molar-refractivity contribution < 1.29 is 9.53 Å². The lowest BCUT2D eigenvalue weighted by Gasteiger charge is -2.18. The summed E-state index contributed by atoms with van der Waals surface area (Å²) < 4.78 is 5.37. The van der Waals surface area contributed by atoms with Gasteiger partial charge in [-0.1, -0.05) is 12.1 Å². The topological polar surface area (TPSA) is 88.2 Å². The van der Waals surface area contributed by atoms with E-state index in [0.717, 1.165) is 17.7 Å². The summed E-state index contributed by atoms with van der Waals surface area (Å²) in [4.78, 5) is 38.8. The number of carbonyl (C=O) groups is 1. The minimum atomic E-state index is -0.223. The summed E-state index contributed by atoms with van der Waals surface area (Å²) in [5.74, 6) is 1.15. The van der Waals surface area contributed by atoms with Crippen molar-refractivity contribution in [2.24, 2.45) is 0 Å². The molecule has 0 unspecified atom stereocenters. The Hall–Kier alpha value is -3.74. The molecular weight excluding hydrogens is 392 g/mol. The number of benzene rings is 1. The highest BCUT2D eigenvalue weighted by Crippen LogP contribution is 2.28. The van der Waals surface area contributed by atoms with E-state index in [0.29, 0.717) is 42.3 Å². The van der Waals surface area contributed by atoms with Crippen LogP contribution in [0.15, 0.2) is 66.1 Å². The molecule has 7 nitrogen and oxygen atoms in total. The van der Waals surface area contributed by atoms with E-state index in [1.807, 2.05) is 29.2 Å². The molecule has 1 fully saturated rings. The number of likely N-dealkylation sites (tertiary alicyclic amines) is 1. The van der Waals surface area contributed by atoms with Crippen LogP contribution < -0.4 is 10.3 Å². The minimum absolute atomic E-state index is 0.000365. The van der Waals surface area contributed by atoms with Crippen LogP contribution in [0.4, 0.5) is 0 Å². The fourth-order valence-corrected chi connectivity index (χ4v) is 3.91. The van der Waals surface area contributed by atoms with Gasteiger partial charge in [0.2, 0.25) is 0 Å². The molecule has 1 N–H and O–H groups in total. The molecule has 1 saturated heterocycles. The van der Waals surface area contributed by atoms with Crippen LogP contribution in [-0.2, 0) is 6.42 Å². The average Bonchev–Trinajstić information content (AvgIpc) is 3.29. The number of carbonyl (C=O) groups excluding carboxylic acids is 1. The molecule has 1 amide bonds. The van der Waals surface area contributed by atoms with E-state index in [2.05, 4.69) is 21.5 Å². The van der Waals surface area contributed by atoms with Gasteiger partial charge < -0.3 is 14.6 Å². The van der Waals surface area contributed by atoms with Crippen molar-refractivity contribution in [3.05, 3.63) is 88.5 Å². The zero-order valence-electron chi connectivity index (χ0n) is 17.4. The van der Waals surface area contributed by atoms with Crippen LogP contribution in [0.2, 0.25) is 0 Å². The first-order chi connectivity index (χ1) is 15.1. The molecule has 7 heteroatoms. The number of aromatic amines is 1. The van der Waals surface area contributed by atoms with E-state index in [1.54, 1.807) is 31.5 Å². The van der Waals surface area contributed by atoms with Crippen molar-refractivity contribution >= 4 is 5.91 Å². The first kappa shape index (κ1) is 20.5. The standard InChI is InChI=1S/C24H24N4O3/c1-3-6-16-13-17(8-9-21(16)31-2)24(30)28-12-10-18(15-28)20-14-22(29)27-23(26-20)19-7-4-5-11-25-19/h3-5,7-9,11,13-14,18H,1,6,10,12,15H2,2H3,(H,26,27,29)/t18-/m1/s1. The van der Waals surface area contributed by atoms with E-state index in [4.69, 9.17) is 4.74 Å². The smallest absolute Gasteiger partial charge is 0.253 e. The van der Waals surface area contributed by atoms with E-state index in [1.165, 1.54) is 6.07 Å². The van der Waals surface area contributed by atoms with Gasteiger partial charge in [-0.15, -0.1) is 6.58 Å². The maximum absolute atomic E-state index is 13.1. The molecule has 1 aliphatic heterocycles. The molecule has 2 aromatic heterocycles.